The van der Waals surface area contributed by atoms with Crippen LogP contribution in [0.1, 0.15) is 0 Å². The van der Waals surface area contributed by atoms with Crippen LogP contribution in [0.25, 0.3) is 0 Å². The van der Waals surface area contributed by atoms with Crippen LogP contribution in [0, 0.1) is 0 Å². The maximum absolute atomic E-state index is 12.6. The van der Waals surface area contributed by atoms with Crippen LogP contribution in [0.3, 0.4) is 0 Å². The van der Waals surface area contributed by atoms with Crippen LogP contribution < -0.4 is 9.47 Å². The molecule has 0 atom stereocenters. The van der Waals surface area contributed by atoms with Crippen LogP contribution in [-0.2, 0) is 14.8 Å². The second-order valence-corrected chi connectivity index (χ2v) is 6.61. The van der Waals surface area contributed by atoms with Crippen molar-refractivity contribution >= 4 is 15.9 Å². The van der Waals surface area contributed by atoms with Gasteiger partial charge in [-0.25, -0.2) is 8.42 Å². The second kappa shape index (κ2) is 5.90. The molecule has 21 heavy (non-hydrogen) atoms. The number of carbonyl (C=O) groups is 1. The number of carbonyl (C=O) groups excluding carboxylic acids is 1. The predicted molar refractivity (Wildman–Crippen MR) is 75.9 cm³/mol. The van der Waals surface area contributed by atoms with Crippen LogP contribution >= 0.6 is 0 Å². The van der Waals surface area contributed by atoms with Crippen LogP contribution in [-0.4, -0.2) is 64.4 Å². The zero-order chi connectivity index (χ0) is 15.6. The van der Waals surface area contributed by atoms with Gasteiger partial charge in [0.05, 0.1) is 25.7 Å². The maximum Gasteiger partial charge on any atom is 0.243 e. The van der Waals surface area contributed by atoms with Crippen molar-refractivity contribution in [3.05, 3.63) is 18.2 Å². The Labute approximate surface area is 124 Å². The number of sulfonamides is 1. The lowest BCUT2D eigenvalue weighted by Gasteiger charge is -2.31. The first-order chi connectivity index (χ1) is 9.90. The van der Waals surface area contributed by atoms with E-state index < -0.39 is 10.0 Å². The lowest BCUT2D eigenvalue weighted by Crippen LogP contribution is -2.50. The summed E-state index contributed by atoms with van der Waals surface area (Å²) in [5.41, 5.74) is 0. The van der Waals surface area contributed by atoms with Crippen LogP contribution in [0.15, 0.2) is 23.1 Å². The number of amides is 1. The molecule has 0 unspecified atom stereocenters. The lowest BCUT2D eigenvalue weighted by atomic mass is 10.3. The Morgan fingerprint density at radius 1 is 1.10 bits per heavy atom. The minimum Gasteiger partial charge on any atom is -0.493 e. The smallest absolute Gasteiger partial charge is 0.243 e. The third-order valence-electron chi connectivity index (χ3n) is 3.41. The number of benzene rings is 1. The Hall–Kier alpha value is -1.80. The van der Waals surface area contributed by atoms with Gasteiger partial charge >= 0.3 is 0 Å². The maximum atomic E-state index is 12.6. The molecule has 0 radical (unpaired) electrons. The van der Waals surface area contributed by atoms with Gasteiger partial charge in [-0.1, -0.05) is 0 Å². The van der Waals surface area contributed by atoms with Gasteiger partial charge in [0.2, 0.25) is 15.9 Å². The van der Waals surface area contributed by atoms with E-state index in [9.17, 15) is 13.2 Å². The fourth-order valence-electron chi connectivity index (χ4n) is 2.07. The SMILES string of the molecule is COc1ccc(S(=O)(=O)N2CCN(C)C(=O)C2)cc1OC. The number of hydrogen-bond donors (Lipinski definition) is 0. The standard InChI is InChI=1S/C13H18N2O5S/c1-14-6-7-15(9-13(14)16)21(17,18)10-4-5-11(19-2)12(8-10)20-3/h4-5,8H,6-7,9H2,1-3H3. The molecule has 0 bridgehead atoms. The van der Waals surface area contributed by atoms with E-state index in [1.165, 1.54) is 41.6 Å². The fourth-order valence-corrected chi connectivity index (χ4v) is 3.46. The van der Waals surface area contributed by atoms with Crippen molar-refractivity contribution in [2.24, 2.45) is 0 Å². The lowest BCUT2D eigenvalue weighted by molar-refractivity contribution is -0.132. The van der Waals surface area contributed by atoms with Crippen molar-refractivity contribution in [2.75, 3.05) is 40.9 Å². The summed E-state index contributed by atoms with van der Waals surface area (Å²) in [6.45, 7) is 0.511. The monoisotopic (exact) mass is 314 g/mol. The molecular weight excluding hydrogens is 296 g/mol. The number of likely N-dealkylation sites (N-methyl/N-ethyl adjacent to an activating group) is 1. The molecule has 116 valence electrons. The molecule has 7 nitrogen and oxygen atoms in total. The molecule has 1 aliphatic rings. The van der Waals surface area contributed by atoms with Gasteiger partial charge in [-0.2, -0.15) is 4.31 Å². The van der Waals surface area contributed by atoms with Crippen molar-refractivity contribution in [3.8, 4) is 11.5 Å². The largest absolute Gasteiger partial charge is 0.493 e. The van der Waals surface area contributed by atoms with Crippen molar-refractivity contribution in [1.82, 2.24) is 9.21 Å². The summed E-state index contributed by atoms with van der Waals surface area (Å²) in [6, 6.07) is 4.38. The summed E-state index contributed by atoms with van der Waals surface area (Å²) in [7, 11) is 0.845. The summed E-state index contributed by atoms with van der Waals surface area (Å²) >= 11 is 0. The Morgan fingerprint density at radius 3 is 2.33 bits per heavy atom. The zero-order valence-corrected chi connectivity index (χ0v) is 13.0. The van der Waals surface area contributed by atoms with Crippen LogP contribution in [0.5, 0.6) is 11.5 Å². The molecule has 8 heteroatoms. The molecule has 0 N–H and O–H groups in total. The van der Waals surface area contributed by atoms with Crippen molar-refractivity contribution in [3.63, 3.8) is 0 Å². The highest BCUT2D eigenvalue weighted by atomic mass is 32.2. The van der Waals surface area contributed by atoms with E-state index in [0.717, 1.165) is 0 Å². The van der Waals surface area contributed by atoms with E-state index in [4.69, 9.17) is 9.47 Å². The number of ether oxygens (including phenoxy) is 2. The van der Waals surface area contributed by atoms with E-state index in [2.05, 4.69) is 0 Å². The summed E-state index contributed by atoms with van der Waals surface area (Å²) < 4.78 is 36.5. The molecule has 1 amide bonds. The topological polar surface area (TPSA) is 76.2 Å². The van der Waals surface area contributed by atoms with Gasteiger partial charge in [0.15, 0.2) is 11.5 Å². The first-order valence-corrected chi connectivity index (χ1v) is 7.80. The van der Waals surface area contributed by atoms with Crippen LogP contribution in [0.4, 0.5) is 0 Å². The average Bonchev–Trinajstić information content (AvgIpc) is 2.49. The predicted octanol–water partition coefficient (Wildman–Crippen LogP) is 0.167. The third-order valence-corrected chi connectivity index (χ3v) is 5.26. The van der Waals surface area contributed by atoms with Gasteiger partial charge in [0, 0.05) is 26.2 Å². The minimum absolute atomic E-state index is 0.0810. The number of nitrogens with zero attached hydrogens (tertiary/aromatic N) is 2. The summed E-state index contributed by atoms with van der Waals surface area (Å²) in [5, 5.41) is 0. The second-order valence-electron chi connectivity index (χ2n) is 4.67. The third kappa shape index (κ3) is 2.96. The summed E-state index contributed by atoms with van der Waals surface area (Å²) in [5.74, 6) is 0.565. The van der Waals surface area contributed by atoms with E-state index >= 15 is 0 Å². The Bertz CT molecular complexity index is 644. The molecule has 0 aromatic heterocycles. The molecule has 1 aromatic rings. The molecule has 1 aliphatic heterocycles. The fraction of sp³-hybridized carbons (Fsp3) is 0.462. The van der Waals surface area contributed by atoms with Gasteiger partial charge < -0.3 is 14.4 Å². The Balaban J connectivity index is 2.34. The molecule has 1 aromatic carbocycles. The minimum atomic E-state index is -3.73. The summed E-state index contributed by atoms with van der Waals surface area (Å²) in [4.78, 5) is 13.3. The highest BCUT2D eigenvalue weighted by molar-refractivity contribution is 7.89. The Kier molecular flexibility index (Phi) is 4.38. The normalized spacial score (nSPS) is 16.9. The van der Waals surface area contributed by atoms with Crippen molar-refractivity contribution in [1.29, 1.82) is 0 Å². The number of piperazine rings is 1. The Morgan fingerprint density at radius 2 is 1.76 bits per heavy atom. The van der Waals surface area contributed by atoms with Gasteiger partial charge in [-0.3, -0.25) is 4.79 Å². The molecular formula is C13H18N2O5S. The van der Waals surface area contributed by atoms with Crippen molar-refractivity contribution < 1.29 is 22.7 Å². The van der Waals surface area contributed by atoms with Gasteiger partial charge in [-0.15, -0.1) is 0 Å². The molecule has 1 fully saturated rings. The quantitative estimate of drug-likeness (QED) is 0.792. The van der Waals surface area contributed by atoms with E-state index in [-0.39, 0.29) is 23.9 Å². The molecule has 1 saturated heterocycles. The first kappa shape index (κ1) is 15.6. The molecule has 1 heterocycles. The molecule has 0 spiro atoms. The molecule has 0 aliphatic carbocycles. The zero-order valence-electron chi connectivity index (χ0n) is 12.2. The van der Waals surface area contributed by atoms with E-state index in [1.54, 1.807) is 7.05 Å². The van der Waals surface area contributed by atoms with Gasteiger partial charge in [-0.05, 0) is 12.1 Å². The number of hydrogen-bond acceptors (Lipinski definition) is 5. The van der Waals surface area contributed by atoms with Crippen molar-refractivity contribution in [2.45, 2.75) is 4.90 Å². The van der Waals surface area contributed by atoms with Crippen LogP contribution in [0.2, 0.25) is 0 Å². The van der Waals surface area contributed by atoms with E-state index in [1.807, 2.05) is 0 Å². The summed E-state index contributed by atoms with van der Waals surface area (Å²) in [6.07, 6.45) is 0. The molecule has 2 rings (SSSR count). The van der Waals surface area contributed by atoms with Gasteiger partial charge in [0.25, 0.3) is 0 Å². The number of rotatable bonds is 4. The van der Waals surface area contributed by atoms with E-state index in [0.29, 0.717) is 18.0 Å². The van der Waals surface area contributed by atoms with Gasteiger partial charge in [0.1, 0.15) is 0 Å². The first-order valence-electron chi connectivity index (χ1n) is 6.36. The highest BCUT2D eigenvalue weighted by Gasteiger charge is 2.31. The number of methoxy groups -OCH3 is 2. The average molecular weight is 314 g/mol. The highest BCUT2D eigenvalue weighted by Crippen LogP contribution is 2.30. The molecule has 0 saturated carbocycles.